The van der Waals surface area contributed by atoms with Crippen molar-refractivity contribution >= 4 is 34.1 Å². The summed E-state index contributed by atoms with van der Waals surface area (Å²) in [6, 6.07) is 5.30. The van der Waals surface area contributed by atoms with Crippen molar-refractivity contribution in [1.82, 2.24) is 10.2 Å². The molecule has 0 aliphatic carbocycles. The second-order valence-electron chi connectivity index (χ2n) is 3.94. The standard InChI is InChI=1S/C13H15N3O2S2/c1-4-19-13-16-15-12(20-13)14-11(17)9-5-6-10(18-3)8(2)7-9/h5-7H,4H2,1-3H3,(H,14,15,17). The summed E-state index contributed by atoms with van der Waals surface area (Å²) in [6.07, 6.45) is 0. The quantitative estimate of drug-likeness (QED) is 0.678. The maximum absolute atomic E-state index is 12.1. The molecular formula is C13H15N3O2S2. The van der Waals surface area contributed by atoms with Crippen molar-refractivity contribution in [2.45, 2.75) is 18.2 Å². The van der Waals surface area contributed by atoms with Crippen molar-refractivity contribution in [2.24, 2.45) is 0 Å². The molecule has 106 valence electrons. The molecule has 0 saturated heterocycles. The second-order valence-corrected chi connectivity index (χ2v) is 6.43. The molecule has 0 spiro atoms. The number of amides is 1. The van der Waals surface area contributed by atoms with Gasteiger partial charge < -0.3 is 4.74 Å². The number of hydrogen-bond donors (Lipinski definition) is 1. The van der Waals surface area contributed by atoms with Gasteiger partial charge in [0.15, 0.2) is 4.34 Å². The molecule has 1 amide bonds. The van der Waals surface area contributed by atoms with E-state index in [-0.39, 0.29) is 5.91 Å². The normalized spacial score (nSPS) is 10.3. The second kappa shape index (κ2) is 6.71. The van der Waals surface area contributed by atoms with E-state index in [0.29, 0.717) is 10.7 Å². The Kier molecular flexibility index (Phi) is 4.97. The largest absolute Gasteiger partial charge is 0.496 e. The molecule has 1 aromatic heterocycles. The molecule has 0 radical (unpaired) electrons. The molecule has 1 aromatic carbocycles. The van der Waals surface area contributed by atoms with E-state index in [1.54, 1.807) is 37.1 Å². The first kappa shape index (κ1) is 14.8. The molecule has 2 rings (SSSR count). The van der Waals surface area contributed by atoms with Crippen molar-refractivity contribution in [2.75, 3.05) is 18.2 Å². The smallest absolute Gasteiger partial charge is 0.257 e. The summed E-state index contributed by atoms with van der Waals surface area (Å²) in [5.74, 6) is 1.50. The van der Waals surface area contributed by atoms with Gasteiger partial charge in [-0.1, -0.05) is 30.0 Å². The Morgan fingerprint density at radius 1 is 1.45 bits per heavy atom. The summed E-state index contributed by atoms with van der Waals surface area (Å²) in [6.45, 7) is 3.95. The third kappa shape index (κ3) is 3.49. The first-order chi connectivity index (χ1) is 9.63. The predicted molar refractivity (Wildman–Crippen MR) is 82.0 cm³/mol. The zero-order chi connectivity index (χ0) is 14.5. The number of hydrogen-bond acceptors (Lipinski definition) is 6. The van der Waals surface area contributed by atoms with Crippen LogP contribution in [0.5, 0.6) is 5.75 Å². The van der Waals surface area contributed by atoms with Gasteiger partial charge in [0.05, 0.1) is 7.11 Å². The molecule has 7 heteroatoms. The zero-order valence-electron chi connectivity index (χ0n) is 11.5. The first-order valence-corrected chi connectivity index (χ1v) is 7.86. The number of thioether (sulfide) groups is 1. The molecule has 2 aromatic rings. The lowest BCUT2D eigenvalue weighted by molar-refractivity contribution is 0.102. The van der Waals surface area contributed by atoms with Gasteiger partial charge in [-0.3, -0.25) is 10.1 Å². The van der Waals surface area contributed by atoms with Crippen LogP contribution in [-0.4, -0.2) is 29.0 Å². The number of ether oxygens (including phenoxy) is 1. The summed E-state index contributed by atoms with van der Waals surface area (Å²) < 4.78 is 6.03. The van der Waals surface area contributed by atoms with E-state index in [9.17, 15) is 4.79 Å². The van der Waals surface area contributed by atoms with Gasteiger partial charge in [0.25, 0.3) is 5.91 Å². The number of aryl methyl sites for hydroxylation is 1. The number of nitrogens with one attached hydrogen (secondary N) is 1. The summed E-state index contributed by atoms with van der Waals surface area (Å²) in [7, 11) is 1.61. The first-order valence-electron chi connectivity index (χ1n) is 6.06. The SMILES string of the molecule is CCSc1nnc(NC(=O)c2ccc(OC)c(C)c2)s1. The highest BCUT2D eigenvalue weighted by Gasteiger charge is 2.11. The molecule has 5 nitrogen and oxygen atoms in total. The molecule has 0 unspecified atom stereocenters. The van der Waals surface area contributed by atoms with E-state index in [1.165, 1.54) is 11.3 Å². The van der Waals surface area contributed by atoms with E-state index >= 15 is 0 Å². The van der Waals surface area contributed by atoms with Crippen LogP contribution in [0.2, 0.25) is 0 Å². The van der Waals surface area contributed by atoms with Gasteiger partial charge >= 0.3 is 0 Å². The highest BCUT2D eigenvalue weighted by Crippen LogP contribution is 2.25. The monoisotopic (exact) mass is 309 g/mol. The van der Waals surface area contributed by atoms with Gasteiger partial charge in [0.2, 0.25) is 5.13 Å². The van der Waals surface area contributed by atoms with Crippen molar-refractivity contribution in [3.63, 3.8) is 0 Å². The minimum atomic E-state index is -0.194. The van der Waals surface area contributed by atoms with Gasteiger partial charge in [-0.05, 0) is 36.4 Å². The van der Waals surface area contributed by atoms with E-state index < -0.39 is 0 Å². The molecule has 1 heterocycles. The molecule has 0 atom stereocenters. The van der Waals surface area contributed by atoms with Crippen LogP contribution in [-0.2, 0) is 0 Å². The Balaban J connectivity index is 2.09. The lowest BCUT2D eigenvalue weighted by Gasteiger charge is -2.06. The van der Waals surface area contributed by atoms with Crippen LogP contribution in [0, 0.1) is 6.92 Å². The predicted octanol–water partition coefficient (Wildman–Crippen LogP) is 3.22. The number of rotatable bonds is 5. The summed E-state index contributed by atoms with van der Waals surface area (Å²) in [5, 5.41) is 11.2. The van der Waals surface area contributed by atoms with E-state index in [4.69, 9.17) is 4.74 Å². The van der Waals surface area contributed by atoms with Crippen molar-refractivity contribution in [3.8, 4) is 5.75 Å². The number of benzene rings is 1. The molecule has 0 fully saturated rings. The average Bonchev–Trinajstić information content (AvgIpc) is 2.86. The van der Waals surface area contributed by atoms with Crippen LogP contribution >= 0.6 is 23.1 Å². The van der Waals surface area contributed by atoms with Crippen LogP contribution in [0.3, 0.4) is 0 Å². The Bertz CT molecular complexity index is 613. The van der Waals surface area contributed by atoms with Gasteiger partial charge in [-0.2, -0.15) is 0 Å². The fraction of sp³-hybridized carbons (Fsp3) is 0.308. The highest BCUT2D eigenvalue weighted by molar-refractivity contribution is 8.01. The average molecular weight is 309 g/mol. The van der Waals surface area contributed by atoms with Gasteiger partial charge in [0.1, 0.15) is 5.75 Å². The highest BCUT2D eigenvalue weighted by atomic mass is 32.2. The summed E-state index contributed by atoms with van der Waals surface area (Å²) in [5.41, 5.74) is 1.49. The summed E-state index contributed by atoms with van der Waals surface area (Å²) in [4.78, 5) is 12.1. The van der Waals surface area contributed by atoms with Crippen LogP contribution in [0.1, 0.15) is 22.8 Å². The van der Waals surface area contributed by atoms with E-state index in [2.05, 4.69) is 15.5 Å². The molecule has 20 heavy (non-hydrogen) atoms. The Morgan fingerprint density at radius 3 is 2.90 bits per heavy atom. The minimum Gasteiger partial charge on any atom is -0.496 e. The van der Waals surface area contributed by atoms with E-state index in [1.807, 2.05) is 13.8 Å². The third-order valence-corrected chi connectivity index (χ3v) is 4.41. The fourth-order valence-corrected chi connectivity index (χ4v) is 3.28. The molecule has 1 N–H and O–H groups in total. The molecular weight excluding hydrogens is 294 g/mol. The number of carbonyl (C=O) groups excluding carboxylic acids is 1. The number of methoxy groups -OCH3 is 1. The molecule has 0 saturated carbocycles. The van der Waals surface area contributed by atoms with Crippen molar-refractivity contribution < 1.29 is 9.53 Å². The zero-order valence-corrected chi connectivity index (χ0v) is 13.1. The van der Waals surface area contributed by atoms with Gasteiger partial charge in [-0.25, -0.2) is 0 Å². The Morgan fingerprint density at radius 2 is 2.25 bits per heavy atom. The van der Waals surface area contributed by atoms with Crippen LogP contribution in [0.15, 0.2) is 22.5 Å². The maximum atomic E-state index is 12.1. The fourth-order valence-electron chi connectivity index (χ4n) is 1.63. The molecule has 0 aliphatic heterocycles. The lowest BCUT2D eigenvalue weighted by Crippen LogP contribution is -2.12. The summed E-state index contributed by atoms with van der Waals surface area (Å²) >= 11 is 2.98. The Labute approximate surface area is 125 Å². The van der Waals surface area contributed by atoms with Crippen LogP contribution < -0.4 is 10.1 Å². The number of anilines is 1. The molecule has 0 aliphatic rings. The number of aromatic nitrogens is 2. The van der Waals surface area contributed by atoms with Crippen LogP contribution in [0.25, 0.3) is 0 Å². The Hall–Kier alpha value is -1.60. The lowest BCUT2D eigenvalue weighted by atomic mass is 10.1. The van der Waals surface area contributed by atoms with E-state index in [0.717, 1.165) is 21.4 Å². The van der Waals surface area contributed by atoms with Gasteiger partial charge in [0, 0.05) is 5.56 Å². The van der Waals surface area contributed by atoms with Gasteiger partial charge in [-0.15, -0.1) is 10.2 Å². The minimum absolute atomic E-state index is 0.194. The third-order valence-electron chi connectivity index (χ3n) is 2.55. The number of nitrogens with zero attached hydrogens (tertiary/aromatic N) is 2. The molecule has 0 bridgehead atoms. The van der Waals surface area contributed by atoms with Crippen LogP contribution in [0.4, 0.5) is 5.13 Å². The number of carbonyl (C=O) groups is 1. The van der Waals surface area contributed by atoms with Crippen molar-refractivity contribution in [1.29, 1.82) is 0 Å². The van der Waals surface area contributed by atoms with Crippen molar-refractivity contribution in [3.05, 3.63) is 29.3 Å². The maximum Gasteiger partial charge on any atom is 0.257 e. The topological polar surface area (TPSA) is 64.1 Å².